The molecule has 0 bridgehead atoms. The van der Waals surface area contributed by atoms with E-state index in [-0.39, 0.29) is 12.2 Å². The van der Waals surface area contributed by atoms with Gasteiger partial charge in [-0.05, 0) is 107 Å². The summed E-state index contributed by atoms with van der Waals surface area (Å²) in [4.78, 5) is 0. The van der Waals surface area contributed by atoms with Crippen molar-refractivity contribution in [2.45, 2.75) is 92.6 Å². The average molecular weight is 629 g/mol. The monoisotopic (exact) mass is 628 g/mol. The molecule has 4 nitrogen and oxygen atoms in total. The van der Waals surface area contributed by atoms with Gasteiger partial charge in [0.15, 0.2) is 5.79 Å². The molecule has 3 unspecified atom stereocenters. The van der Waals surface area contributed by atoms with E-state index in [1.54, 1.807) is 0 Å². The molecule has 0 saturated carbocycles. The zero-order valence-electron chi connectivity index (χ0n) is 27.5. The largest absolute Gasteiger partial charge is 0.461 e. The molecule has 2 aromatic rings. The highest BCUT2D eigenvalue weighted by atomic mass is 31.1. The smallest absolute Gasteiger partial charge is 0.166 e. The molecule has 2 aromatic carbocycles. The average Bonchev–Trinajstić information content (AvgIpc) is 3.20. The Kier molecular flexibility index (Phi) is 9.11. The minimum absolute atomic E-state index is 0.0337. The van der Waals surface area contributed by atoms with Gasteiger partial charge in [0.1, 0.15) is 23.0 Å². The summed E-state index contributed by atoms with van der Waals surface area (Å²) in [5, 5.41) is 5.27. The van der Waals surface area contributed by atoms with Gasteiger partial charge >= 0.3 is 0 Å². The van der Waals surface area contributed by atoms with Crippen molar-refractivity contribution in [3.05, 3.63) is 105 Å². The number of aryl methyl sites for hydroxylation is 2. The van der Waals surface area contributed by atoms with Gasteiger partial charge < -0.3 is 18.9 Å². The summed E-state index contributed by atoms with van der Waals surface area (Å²) in [6.07, 6.45) is 13.7. The first-order valence-corrected chi connectivity index (χ1v) is 19.1. The first-order chi connectivity index (χ1) is 21.1. The summed E-state index contributed by atoms with van der Waals surface area (Å²) < 4.78 is 26.8. The Bertz CT molecular complexity index is 1560. The molecule has 1 aliphatic carbocycles. The molecule has 0 amide bonds. The summed E-state index contributed by atoms with van der Waals surface area (Å²) in [5.41, 5.74) is 5.23. The van der Waals surface area contributed by atoms with E-state index >= 15 is 0 Å². The lowest BCUT2D eigenvalue weighted by atomic mass is 10.2. The van der Waals surface area contributed by atoms with E-state index in [0.29, 0.717) is 0 Å². The van der Waals surface area contributed by atoms with Crippen LogP contribution in [0.25, 0.3) is 0 Å². The quantitative estimate of drug-likeness (QED) is 0.286. The lowest BCUT2D eigenvalue weighted by Gasteiger charge is -2.34. The predicted molar refractivity (Wildman–Crippen MR) is 186 cm³/mol. The lowest BCUT2D eigenvalue weighted by Crippen LogP contribution is -2.34. The molecular weight excluding hydrogens is 582 g/mol. The van der Waals surface area contributed by atoms with Crippen molar-refractivity contribution >= 4 is 26.5 Å². The molecular formula is C38H46O4P2. The van der Waals surface area contributed by atoms with Crippen molar-refractivity contribution in [3.8, 4) is 11.5 Å². The fourth-order valence-corrected chi connectivity index (χ4v) is 11.9. The lowest BCUT2D eigenvalue weighted by molar-refractivity contribution is -0.159. The standard InChI is InChI=1S/C38H46O4P2/c1-9-24(3)19-35-28(7)39-29-15-11-25(4)14-18-34(29)43(35)22-32-33(42-38(8,10-2)41-32)23-44-36-20-26(5)12-16-30(36)40-31-17-13-27(6)21-37(31)44/h11-13,15-21,32-33H,9-10,14,22-23H2,1-8H3/b24-19-/t32?,33-,38?,43?/m0/s1. The minimum Gasteiger partial charge on any atom is -0.461 e. The van der Waals surface area contributed by atoms with Crippen LogP contribution in [0.4, 0.5) is 0 Å². The summed E-state index contributed by atoms with van der Waals surface area (Å²) in [6.45, 7) is 17.4. The van der Waals surface area contributed by atoms with Crippen LogP contribution in [0.2, 0.25) is 0 Å². The molecule has 1 fully saturated rings. The second-order valence-corrected chi connectivity index (χ2v) is 17.2. The summed E-state index contributed by atoms with van der Waals surface area (Å²) >= 11 is 0. The highest BCUT2D eigenvalue weighted by Crippen LogP contribution is 2.62. The van der Waals surface area contributed by atoms with Gasteiger partial charge in [0.25, 0.3) is 0 Å². The fraction of sp³-hybridized carbons (Fsp3) is 0.421. The Hall–Kier alpha value is -2.48. The third-order valence-electron chi connectivity index (χ3n) is 9.15. The molecule has 4 atom stereocenters. The number of allylic oxidation sites excluding steroid dienone is 9. The van der Waals surface area contributed by atoms with E-state index in [1.807, 2.05) is 0 Å². The first kappa shape index (κ1) is 31.5. The van der Waals surface area contributed by atoms with Crippen molar-refractivity contribution in [1.29, 1.82) is 0 Å². The maximum atomic E-state index is 6.95. The second-order valence-electron chi connectivity index (χ2n) is 12.8. The van der Waals surface area contributed by atoms with Crippen LogP contribution in [0.3, 0.4) is 0 Å². The molecule has 44 heavy (non-hydrogen) atoms. The van der Waals surface area contributed by atoms with Crippen molar-refractivity contribution in [2.24, 2.45) is 0 Å². The van der Waals surface area contributed by atoms with Gasteiger partial charge in [-0.15, -0.1) is 0 Å². The highest BCUT2D eigenvalue weighted by molar-refractivity contribution is 7.73. The third-order valence-corrected chi connectivity index (χ3v) is 14.5. The molecule has 4 aliphatic rings. The van der Waals surface area contributed by atoms with E-state index in [0.717, 1.165) is 54.6 Å². The molecule has 3 heterocycles. The molecule has 0 spiro atoms. The van der Waals surface area contributed by atoms with E-state index in [4.69, 9.17) is 18.9 Å². The van der Waals surface area contributed by atoms with Crippen LogP contribution < -0.4 is 15.3 Å². The van der Waals surface area contributed by atoms with Crippen LogP contribution in [-0.4, -0.2) is 30.3 Å². The van der Waals surface area contributed by atoms with E-state index in [9.17, 15) is 0 Å². The summed E-state index contributed by atoms with van der Waals surface area (Å²) in [7, 11) is -1.42. The number of hydrogen-bond donors (Lipinski definition) is 0. The molecule has 232 valence electrons. The van der Waals surface area contributed by atoms with Gasteiger partial charge in [0.05, 0.1) is 12.2 Å². The molecule has 0 radical (unpaired) electrons. The van der Waals surface area contributed by atoms with Gasteiger partial charge in [-0.2, -0.15) is 0 Å². The number of fused-ring (bicyclic) bond motifs is 3. The van der Waals surface area contributed by atoms with Crippen molar-refractivity contribution in [2.75, 3.05) is 12.3 Å². The van der Waals surface area contributed by atoms with E-state index < -0.39 is 21.6 Å². The van der Waals surface area contributed by atoms with E-state index in [2.05, 4.69) is 116 Å². The van der Waals surface area contributed by atoms with Crippen LogP contribution in [0.5, 0.6) is 11.5 Å². The van der Waals surface area contributed by atoms with Gasteiger partial charge in [-0.3, -0.25) is 0 Å². The maximum absolute atomic E-state index is 6.95. The Labute approximate surface area is 266 Å². The molecule has 1 saturated heterocycles. The van der Waals surface area contributed by atoms with Crippen molar-refractivity contribution < 1.29 is 18.9 Å². The third kappa shape index (κ3) is 6.29. The Morgan fingerprint density at radius 1 is 0.864 bits per heavy atom. The SMILES string of the molecule is CC/C(C)=C\C1=C(C)OC2=CC=C(C)CC=C2P1CC1OC(C)(CC)O[C@H]1CP1c2cc(C)ccc2Oc2ccc(C)cc21. The van der Waals surface area contributed by atoms with Crippen molar-refractivity contribution in [3.63, 3.8) is 0 Å². The van der Waals surface area contributed by atoms with Gasteiger partial charge in [0.2, 0.25) is 0 Å². The highest BCUT2D eigenvalue weighted by Gasteiger charge is 2.47. The normalized spacial score (nSPS) is 26.9. The zero-order valence-corrected chi connectivity index (χ0v) is 29.3. The molecule has 6 heteroatoms. The fourth-order valence-electron chi connectivity index (χ4n) is 6.26. The minimum atomic E-state index is -0.714. The van der Waals surface area contributed by atoms with E-state index in [1.165, 1.54) is 43.5 Å². The number of benzene rings is 2. The molecule has 6 rings (SSSR count). The Morgan fingerprint density at radius 2 is 1.48 bits per heavy atom. The zero-order chi connectivity index (χ0) is 31.2. The van der Waals surface area contributed by atoms with Gasteiger partial charge in [-0.1, -0.05) is 66.5 Å². The number of ether oxygens (including phenoxy) is 4. The first-order valence-electron chi connectivity index (χ1n) is 16.0. The summed E-state index contributed by atoms with van der Waals surface area (Å²) in [5.74, 6) is 3.35. The Balaban J connectivity index is 1.40. The molecule has 0 aromatic heterocycles. The molecule has 3 aliphatic heterocycles. The van der Waals surface area contributed by atoms with Crippen LogP contribution in [0.15, 0.2) is 94.0 Å². The van der Waals surface area contributed by atoms with Crippen LogP contribution in [0.1, 0.15) is 71.9 Å². The van der Waals surface area contributed by atoms with Crippen LogP contribution in [-0.2, 0) is 14.2 Å². The van der Waals surface area contributed by atoms with Crippen molar-refractivity contribution in [1.82, 2.24) is 0 Å². The summed E-state index contributed by atoms with van der Waals surface area (Å²) in [6, 6.07) is 13.2. The topological polar surface area (TPSA) is 36.9 Å². The Morgan fingerprint density at radius 3 is 2.07 bits per heavy atom. The van der Waals surface area contributed by atoms with Crippen LogP contribution in [0, 0.1) is 13.8 Å². The van der Waals surface area contributed by atoms with Crippen LogP contribution >= 0.6 is 15.8 Å². The number of rotatable bonds is 7. The predicted octanol–water partition coefficient (Wildman–Crippen LogP) is 9.97. The van der Waals surface area contributed by atoms with Gasteiger partial charge in [-0.25, -0.2) is 0 Å². The second kappa shape index (κ2) is 12.7. The maximum Gasteiger partial charge on any atom is 0.166 e. The molecule has 0 N–H and O–H groups in total. The van der Waals surface area contributed by atoms with Gasteiger partial charge in [0, 0.05) is 33.6 Å². The number of hydrogen-bond acceptors (Lipinski definition) is 4.